The van der Waals surface area contributed by atoms with Crippen molar-refractivity contribution < 1.29 is 34.8 Å². The van der Waals surface area contributed by atoms with Gasteiger partial charge in [-0.3, -0.25) is 4.79 Å². The summed E-state index contributed by atoms with van der Waals surface area (Å²) in [6.07, 6.45) is -3.43. The molecule has 0 radical (unpaired) electrons. The summed E-state index contributed by atoms with van der Waals surface area (Å²) in [5, 5.41) is 40.1. The van der Waals surface area contributed by atoms with Gasteiger partial charge in [-0.05, 0) is 6.92 Å². The van der Waals surface area contributed by atoms with Crippen LogP contribution in [-0.4, -0.2) is 68.9 Å². The Morgan fingerprint density at radius 1 is 1.50 bits per heavy atom. The van der Waals surface area contributed by atoms with Crippen molar-refractivity contribution in [2.24, 2.45) is 0 Å². The van der Waals surface area contributed by atoms with Crippen molar-refractivity contribution in [1.82, 2.24) is 5.32 Å². The van der Waals surface area contributed by atoms with E-state index in [0.717, 1.165) is 0 Å². The highest BCUT2D eigenvalue weighted by Crippen LogP contribution is 2.31. The van der Waals surface area contributed by atoms with E-state index in [4.69, 9.17) is 14.9 Å². The van der Waals surface area contributed by atoms with Gasteiger partial charge in [0.1, 0.15) is 0 Å². The number of ether oxygens (including phenoxy) is 1. The van der Waals surface area contributed by atoms with Gasteiger partial charge in [0.15, 0.2) is 5.60 Å². The molecule has 0 aromatic rings. The molecule has 1 aliphatic heterocycles. The van der Waals surface area contributed by atoms with E-state index in [1.807, 2.05) is 0 Å². The largest absolute Gasteiger partial charge is 0.479 e. The van der Waals surface area contributed by atoms with E-state index in [9.17, 15) is 19.8 Å². The summed E-state index contributed by atoms with van der Waals surface area (Å²) in [6.45, 7) is 2.06. The maximum absolute atomic E-state index is 11.2. The number of carboxylic acids is 1. The van der Waals surface area contributed by atoms with Gasteiger partial charge in [0.2, 0.25) is 5.91 Å². The molecule has 0 bridgehead atoms. The van der Waals surface area contributed by atoms with Crippen LogP contribution in [0.25, 0.3) is 0 Å². The molecular formula is C12H21NO7. The monoisotopic (exact) mass is 291 g/mol. The highest BCUT2D eigenvalue weighted by Gasteiger charge is 2.49. The van der Waals surface area contributed by atoms with Crippen LogP contribution in [0.5, 0.6) is 0 Å². The number of rotatable bonds is 5. The number of hydrogen-bond acceptors (Lipinski definition) is 6. The van der Waals surface area contributed by atoms with Crippen molar-refractivity contribution in [3.05, 3.63) is 0 Å². The van der Waals surface area contributed by atoms with Crippen LogP contribution in [0, 0.1) is 0 Å². The molecule has 5 N–H and O–H groups in total. The molecule has 1 fully saturated rings. The lowest BCUT2D eigenvalue weighted by atomic mass is 9.85. The zero-order chi connectivity index (χ0) is 15.5. The van der Waals surface area contributed by atoms with E-state index in [2.05, 4.69) is 5.32 Å². The number of carbonyl (C=O) groups is 2. The highest BCUT2D eigenvalue weighted by molar-refractivity contribution is 5.77. The van der Waals surface area contributed by atoms with E-state index in [1.165, 1.54) is 13.8 Å². The van der Waals surface area contributed by atoms with Crippen molar-refractivity contribution in [3.63, 3.8) is 0 Å². The van der Waals surface area contributed by atoms with Crippen LogP contribution in [0.3, 0.4) is 0 Å². The fourth-order valence-corrected chi connectivity index (χ4v) is 2.33. The Balaban J connectivity index is 2.93. The smallest absolute Gasteiger partial charge is 0.335 e. The normalized spacial score (nSPS) is 35.4. The average Bonchev–Trinajstić information content (AvgIpc) is 2.33. The fourth-order valence-electron chi connectivity index (χ4n) is 2.33. The summed E-state index contributed by atoms with van der Waals surface area (Å²) in [5.41, 5.74) is -1.60. The summed E-state index contributed by atoms with van der Waals surface area (Å²) < 4.78 is 5.45. The van der Waals surface area contributed by atoms with Crippen LogP contribution in [0.4, 0.5) is 0 Å². The third kappa shape index (κ3) is 3.89. The summed E-state index contributed by atoms with van der Waals surface area (Å²) >= 11 is 0. The van der Waals surface area contributed by atoms with E-state index in [-0.39, 0.29) is 12.8 Å². The second-order valence-electron chi connectivity index (χ2n) is 5.26. The first-order valence-electron chi connectivity index (χ1n) is 6.35. The summed E-state index contributed by atoms with van der Waals surface area (Å²) in [7, 11) is 0. The predicted octanol–water partition coefficient (Wildman–Crippen LogP) is -1.77. The Kier molecular flexibility index (Phi) is 5.46. The Morgan fingerprint density at radius 3 is 2.55 bits per heavy atom. The predicted molar refractivity (Wildman–Crippen MR) is 66.9 cm³/mol. The molecule has 2 unspecified atom stereocenters. The lowest BCUT2D eigenvalue weighted by Gasteiger charge is -2.44. The van der Waals surface area contributed by atoms with Gasteiger partial charge in [-0.25, -0.2) is 4.79 Å². The van der Waals surface area contributed by atoms with Crippen LogP contribution in [0.15, 0.2) is 0 Å². The van der Waals surface area contributed by atoms with E-state index < -0.39 is 48.4 Å². The Hall–Kier alpha value is -1.22. The van der Waals surface area contributed by atoms with Crippen molar-refractivity contribution in [2.75, 3.05) is 6.61 Å². The second kappa shape index (κ2) is 6.49. The van der Waals surface area contributed by atoms with Crippen LogP contribution in [0.2, 0.25) is 0 Å². The first-order valence-corrected chi connectivity index (χ1v) is 6.35. The molecule has 5 atom stereocenters. The number of carboxylic acid groups (broad SMARTS) is 1. The number of aliphatic hydroxyl groups is 3. The topological polar surface area (TPSA) is 136 Å². The molecule has 1 aliphatic rings. The molecule has 20 heavy (non-hydrogen) atoms. The summed E-state index contributed by atoms with van der Waals surface area (Å²) in [6, 6.07) is -0.832. The quantitative estimate of drug-likeness (QED) is 0.404. The maximum atomic E-state index is 11.2. The van der Waals surface area contributed by atoms with Gasteiger partial charge in [0.05, 0.1) is 31.0 Å². The van der Waals surface area contributed by atoms with E-state index in [1.54, 1.807) is 0 Å². The first-order chi connectivity index (χ1) is 9.19. The second-order valence-corrected chi connectivity index (χ2v) is 5.26. The average molecular weight is 291 g/mol. The van der Waals surface area contributed by atoms with Crippen molar-refractivity contribution >= 4 is 11.9 Å². The fraction of sp³-hybridized carbons (Fsp3) is 0.833. The van der Waals surface area contributed by atoms with E-state index in [0.29, 0.717) is 0 Å². The number of aliphatic carboxylic acids is 1. The minimum Gasteiger partial charge on any atom is -0.479 e. The Morgan fingerprint density at radius 2 is 2.10 bits per heavy atom. The Bertz CT molecular complexity index is 375. The van der Waals surface area contributed by atoms with E-state index >= 15 is 0 Å². The zero-order valence-electron chi connectivity index (χ0n) is 11.4. The number of nitrogens with one attached hydrogen (secondary N) is 1. The number of hydrogen-bond donors (Lipinski definition) is 5. The van der Waals surface area contributed by atoms with Gasteiger partial charge in [-0.15, -0.1) is 0 Å². The van der Waals surface area contributed by atoms with Crippen LogP contribution in [0.1, 0.15) is 26.7 Å². The van der Waals surface area contributed by atoms with Crippen molar-refractivity contribution in [2.45, 2.75) is 56.6 Å². The molecule has 1 saturated heterocycles. The maximum Gasteiger partial charge on any atom is 0.335 e. The molecule has 1 rings (SSSR count). The molecule has 8 nitrogen and oxygen atoms in total. The molecule has 8 heteroatoms. The third-order valence-corrected chi connectivity index (χ3v) is 3.36. The molecule has 1 heterocycles. The molecule has 0 aliphatic carbocycles. The third-order valence-electron chi connectivity index (χ3n) is 3.36. The molecule has 0 aromatic carbocycles. The van der Waals surface area contributed by atoms with Crippen LogP contribution < -0.4 is 5.32 Å². The zero-order valence-corrected chi connectivity index (χ0v) is 11.4. The summed E-state index contributed by atoms with van der Waals surface area (Å²) in [5.74, 6) is -1.64. The van der Waals surface area contributed by atoms with Crippen molar-refractivity contribution in [1.29, 1.82) is 0 Å². The number of aliphatic hydroxyl groups excluding tert-OH is 3. The first kappa shape index (κ1) is 16.8. The lowest BCUT2D eigenvalue weighted by molar-refractivity contribution is -0.203. The van der Waals surface area contributed by atoms with Crippen LogP contribution in [-0.2, 0) is 14.3 Å². The van der Waals surface area contributed by atoms with Gasteiger partial charge in [-0.1, -0.05) is 0 Å². The van der Waals surface area contributed by atoms with Gasteiger partial charge in [0, 0.05) is 19.8 Å². The minimum atomic E-state index is -1.60. The molecular weight excluding hydrogens is 270 g/mol. The Labute approximate surface area is 116 Å². The van der Waals surface area contributed by atoms with Gasteiger partial charge in [-0.2, -0.15) is 0 Å². The van der Waals surface area contributed by atoms with Crippen molar-refractivity contribution in [3.8, 4) is 0 Å². The lowest BCUT2D eigenvalue weighted by Crippen LogP contribution is -2.62. The summed E-state index contributed by atoms with van der Waals surface area (Å²) in [4.78, 5) is 22.4. The SMILES string of the molecule is CC(=O)NC1C(O)C[C@](C)(C(=O)O)O[C@H]1C[C@H](O)CO. The minimum absolute atomic E-state index is 0.0959. The number of carbonyl (C=O) groups excluding carboxylic acids is 1. The molecule has 0 aromatic heterocycles. The van der Waals surface area contributed by atoms with Gasteiger partial charge in [0.25, 0.3) is 0 Å². The molecule has 1 amide bonds. The number of amides is 1. The van der Waals surface area contributed by atoms with Gasteiger partial charge >= 0.3 is 5.97 Å². The molecule has 116 valence electrons. The molecule has 0 saturated carbocycles. The standard InChI is InChI=1S/C12H21NO7/c1-6(15)13-10-8(17)4-12(2,11(18)19)20-9(10)3-7(16)5-14/h7-10,14,16-17H,3-5H2,1-2H3,(H,13,15)(H,18,19)/t7-,8?,9-,10?,12+/m0/s1. The van der Waals surface area contributed by atoms with Gasteiger partial charge < -0.3 is 30.5 Å². The highest BCUT2D eigenvalue weighted by atomic mass is 16.5. The van der Waals surface area contributed by atoms with Crippen LogP contribution >= 0.6 is 0 Å². The molecule has 0 spiro atoms.